The topological polar surface area (TPSA) is 52.6 Å². The van der Waals surface area contributed by atoms with Crippen molar-refractivity contribution in [3.63, 3.8) is 0 Å². The average Bonchev–Trinajstić information content (AvgIpc) is 2.54. The predicted molar refractivity (Wildman–Crippen MR) is 93.6 cm³/mol. The molecule has 4 nitrogen and oxygen atoms in total. The first-order chi connectivity index (χ1) is 10.8. The Morgan fingerprint density at radius 3 is 2.52 bits per heavy atom. The van der Waals surface area contributed by atoms with Gasteiger partial charge in [0.25, 0.3) is 0 Å². The van der Waals surface area contributed by atoms with Crippen LogP contribution in [0.15, 0.2) is 36.4 Å². The van der Waals surface area contributed by atoms with E-state index in [1.54, 1.807) is 13.0 Å². The number of hydrogen-bond donors (Lipinski definition) is 2. The van der Waals surface area contributed by atoms with E-state index in [4.69, 9.17) is 23.2 Å². The molecule has 2 N–H and O–H groups in total. The molecule has 0 radical (unpaired) electrons. The number of carbonyl (C=O) groups excluding carboxylic acids is 1. The smallest absolute Gasteiger partial charge is 0.243 e. The molecule has 23 heavy (non-hydrogen) atoms. The number of halogens is 2. The summed E-state index contributed by atoms with van der Waals surface area (Å²) in [5.74, 6) is -0.432. The van der Waals surface area contributed by atoms with Crippen molar-refractivity contribution in [2.75, 3.05) is 5.32 Å². The molecule has 2 aromatic carbocycles. The van der Waals surface area contributed by atoms with E-state index in [0.717, 1.165) is 16.8 Å². The second-order valence-electron chi connectivity index (χ2n) is 5.31. The molecule has 2 aromatic rings. The average molecular weight is 353 g/mol. The molecular formula is C17H18Cl2N2O2. The normalized spacial score (nSPS) is 11.9. The van der Waals surface area contributed by atoms with Crippen molar-refractivity contribution in [3.05, 3.63) is 57.6 Å². The first kappa shape index (κ1) is 17.6. The Morgan fingerprint density at radius 1 is 1.22 bits per heavy atom. The molecule has 0 saturated carbocycles. The van der Waals surface area contributed by atoms with Gasteiger partial charge >= 0.3 is 0 Å². The van der Waals surface area contributed by atoms with Crippen LogP contribution in [0.2, 0.25) is 10.0 Å². The lowest BCUT2D eigenvalue weighted by Gasteiger charge is -2.24. The maximum atomic E-state index is 11.4. The summed E-state index contributed by atoms with van der Waals surface area (Å²) in [6, 6.07) is 10.5. The molecule has 0 fully saturated rings. The first-order valence-electron chi connectivity index (χ1n) is 7.12. The minimum Gasteiger partial charge on any atom is -0.353 e. The number of hydrogen-bond acceptors (Lipinski definition) is 3. The van der Waals surface area contributed by atoms with Gasteiger partial charge in [0.15, 0.2) is 0 Å². The van der Waals surface area contributed by atoms with Crippen molar-refractivity contribution < 1.29 is 10.0 Å². The molecule has 1 unspecified atom stereocenters. The largest absolute Gasteiger partial charge is 0.353 e. The number of hydroxylamine groups is 2. The number of rotatable bonds is 4. The van der Waals surface area contributed by atoms with Crippen LogP contribution in [-0.4, -0.2) is 16.2 Å². The maximum Gasteiger partial charge on any atom is 0.243 e. The molecule has 2 rings (SSSR count). The molecule has 0 aromatic heterocycles. The second-order valence-corrected chi connectivity index (χ2v) is 6.09. The van der Waals surface area contributed by atoms with Gasteiger partial charge in [0, 0.05) is 18.2 Å². The fraction of sp³-hybridized carbons (Fsp3) is 0.235. The van der Waals surface area contributed by atoms with Gasteiger partial charge in [0.2, 0.25) is 5.91 Å². The van der Waals surface area contributed by atoms with Crippen LogP contribution in [0.3, 0.4) is 0 Å². The summed E-state index contributed by atoms with van der Waals surface area (Å²) in [5.41, 5.74) is 2.96. The highest BCUT2D eigenvalue weighted by Gasteiger charge is 2.20. The lowest BCUT2D eigenvalue weighted by atomic mass is 10.1. The Hall–Kier alpha value is -1.75. The van der Waals surface area contributed by atoms with Gasteiger partial charge in [-0.05, 0) is 31.5 Å². The van der Waals surface area contributed by atoms with Crippen LogP contribution in [0.4, 0.5) is 11.4 Å². The van der Waals surface area contributed by atoms with Gasteiger partial charge in [0.05, 0.1) is 21.8 Å². The summed E-state index contributed by atoms with van der Waals surface area (Å²) in [6.45, 7) is 4.94. The van der Waals surface area contributed by atoms with Crippen LogP contribution in [-0.2, 0) is 4.79 Å². The van der Waals surface area contributed by atoms with Crippen molar-refractivity contribution >= 4 is 40.5 Å². The van der Waals surface area contributed by atoms with Crippen LogP contribution in [0.5, 0.6) is 0 Å². The zero-order valence-electron chi connectivity index (χ0n) is 13.1. The van der Waals surface area contributed by atoms with Gasteiger partial charge in [-0.15, -0.1) is 0 Å². The van der Waals surface area contributed by atoms with E-state index in [1.165, 1.54) is 6.92 Å². The van der Waals surface area contributed by atoms with Gasteiger partial charge < -0.3 is 5.32 Å². The zero-order valence-corrected chi connectivity index (χ0v) is 14.6. The highest BCUT2D eigenvalue weighted by atomic mass is 35.5. The van der Waals surface area contributed by atoms with Gasteiger partial charge in [-0.1, -0.05) is 47.5 Å². The van der Waals surface area contributed by atoms with E-state index in [2.05, 4.69) is 5.32 Å². The fourth-order valence-electron chi connectivity index (χ4n) is 2.29. The predicted octanol–water partition coefficient (Wildman–Crippen LogP) is 5.34. The third-order valence-electron chi connectivity index (χ3n) is 3.64. The summed E-state index contributed by atoms with van der Waals surface area (Å²) in [7, 11) is 0. The Bertz CT molecular complexity index is 735. The van der Waals surface area contributed by atoms with Crippen molar-refractivity contribution in [2.45, 2.75) is 26.8 Å². The first-order valence-corrected chi connectivity index (χ1v) is 7.87. The number of nitrogens with zero attached hydrogens (tertiary/aromatic N) is 1. The van der Waals surface area contributed by atoms with Crippen molar-refractivity contribution in [1.29, 1.82) is 0 Å². The van der Waals surface area contributed by atoms with Crippen LogP contribution in [0.1, 0.15) is 31.0 Å². The molecule has 0 spiro atoms. The summed E-state index contributed by atoms with van der Waals surface area (Å²) >= 11 is 12.6. The molecule has 0 saturated heterocycles. The monoisotopic (exact) mass is 352 g/mol. The van der Waals surface area contributed by atoms with Crippen LogP contribution in [0.25, 0.3) is 0 Å². The minimum atomic E-state index is -0.515. The molecule has 0 bridgehead atoms. The number of amides is 1. The lowest BCUT2D eigenvalue weighted by Crippen LogP contribution is -2.28. The second kappa shape index (κ2) is 7.21. The SMILES string of the molecule is CC(=O)N(O)C(C)c1ccccc1Nc1c(Cl)ccc(C)c1Cl. The third-order valence-corrected chi connectivity index (χ3v) is 4.45. The highest BCUT2D eigenvalue weighted by molar-refractivity contribution is 6.39. The number of nitrogens with one attached hydrogen (secondary N) is 1. The molecule has 0 aliphatic carbocycles. The molecule has 6 heteroatoms. The fourth-order valence-corrected chi connectivity index (χ4v) is 2.75. The Morgan fingerprint density at radius 2 is 1.87 bits per heavy atom. The Balaban J connectivity index is 2.43. The minimum absolute atomic E-state index is 0.432. The van der Waals surface area contributed by atoms with Gasteiger partial charge in [-0.3, -0.25) is 10.0 Å². The van der Waals surface area contributed by atoms with Crippen LogP contribution in [0, 0.1) is 6.92 Å². The van der Waals surface area contributed by atoms with E-state index < -0.39 is 11.9 Å². The molecule has 0 aliphatic rings. The zero-order chi connectivity index (χ0) is 17.1. The quantitative estimate of drug-likeness (QED) is 0.576. The van der Waals surface area contributed by atoms with Gasteiger partial charge in [0.1, 0.15) is 0 Å². The molecule has 1 atom stereocenters. The number of aryl methyl sites for hydroxylation is 1. The number of benzene rings is 2. The van der Waals surface area contributed by atoms with Crippen molar-refractivity contribution in [2.24, 2.45) is 0 Å². The molecular weight excluding hydrogens is 335 g/mol. The number of carbonyl (C=O) groups is 1. The van der Waals surface area contributed by atoms with Crippen LogP contribution < -0.4 is 5.32 Å². The lowest BCUT2D eigenvalue weighted by molar-refractivity contribution is -0.172. The Labute approximate surface area is 145 Å². The Kier molecular flexibility index (Phi) is 5.52. The number of anilines is 2. The summed E-state index contributed by atoms with van der Waals surface area (Å²) in [4.78, 5) is 11.4. The summed E-state index contributed by atoms with van der Waals surface area (Å²) in [5, 5.41) is 14.8. The molecule has 122 valence electrons. The molecule has 0 aliphatic heterocycles. The standard InChI is InChI=1S/C17H18Cl2N2O2/c1-10-8-9-14(18)17(16(10)19)20-15-7-5-4-6-13(15)11(2)21(23)12(3)22/h4-9,11,20,23H,1-3H3. The summed E-state index contributed by atoms with van der Waals surface area (Å²) < 4.78 is 0. The van der Waals surface area contributed by atoms with Gasteiger partial charge in [-0.25, -0.2) is 5.06 Å². The number of para-hydroxylation sites is 1. The van der Waals surface area contributed by atoms with E-state index in [0.29, 0.717) is 20.8 Å². The maximum absolute atomic E-state index is 11.4. The van der Waals surface area contributed by atoms with E-state index in [9.17, 15) is 10.0 Å². The van der Waals surface area contributed by atoms with Crippen molar-refractivity contribution in [1.82, 2.24) is 5.06 Å². The molecule has 1 amide bonds. The van der Waals surface area contributed by atoms with Gasteiger partial charge in [-0.2, -0.15) is 0 Å². The van der Waals surface area contributed by atoms with E-state index in [1.807, 2.05) is 37.3 Å². The van der Waals surface area contributed by atoms with Crippen LogP contribution >= 0.6 is 23.2 Å². The highest BCUT2D eigenvalue weighted by Crippen LogP contribution is 2.37. The third kappa shape index (κ3) is 3.78. The summed E-state index contributed by atoms with van der Waals surface area (Å²) in [6.07, 6.45) is 0. The van der Waals surface area contributed by atoms with E-state index >= 15 is 0 Å². The van der Waals surface area contributed by atoms with E-state index in [-0.39, 0.29) is 0 Å². The van der Waals surface area contributed by atoms with Crippen molar-refractivity contribution in [3.8, 4) is 0 Å². The molecule has 0 heterocycles.